The Hall–Kier alpha value is -3.39. The van der Waals surface area contributed by atoms with Crippen LogP contribution in [0.15, 0.2) is 18.2 Å². The van der Waals surface area contributed by atoms with Crippen LogP contribution >= 0.6 is 0 Å². The summed E-state index contributed by atoms with van der Waals surface area (Å²) in [6.45, 7) is 10.4. The van der Waals surface area contributed by atoms with Gasteiger partial charge < -0.3 is 25.4 Å². The second-order valence-electron chi connectivity index (χ2n) is 8.12. The third-order valence-electron chi connectivity index (χ3n) is 6.40. The number of hydrogen-bond donors (Lipinski definition) is 3. The number of carbonyl (C=O) groups excluding carboxylic acids is 3. The van der Waals surface area contributed by atoms with Crippen LogP contribution in [0.2, 0.25) is 0 Å². The molecule has 8 nitrogen and oxygen atoms in total. The predicted molar refractivity (Wildman–Crippen MR) is 126 cm³/mol. The lowest BCUT2D eigenvalue weighted by Crippen LogP contribution is -2.42. The first-order valence-electron chi connectivity index (χ1n) is 11.1. The molecule has 0 fully saturated rings. The summed E-state index contributed by atoms with van der Waals surface area (Å²) in [5.74, 6) is -0.159. The van der Waals surface area contributed by atoms with E-state index in [2.05, 4.69) is 34.4 Å². The molecule has 3 amide bonds. The van der Waals surface area contributed by atoms with Gasteiger partial charge in [0.25, 0.3) is 11.8 Å². The number of amides is 3. The van der Waals surface area contributed by atoms with Crippen LogP contribution in [0.1, 0.15) is 46.7 Å². The first kappa shape index (κ1) is 21.8. The number of aromatic amines is 1. The van der Waals surface area contributed by atoms with E-state index in [1.165, 1.54) is 0 Å². The van der Waals surface area contributed by atoms with Crippen LogP contribution in [0, 0.1) is 6.92 Å². The molecule has 1 aromatic carbocycles. The van der Waals surface area contributed by atoms with Gasteiger partial charge in [-0.05, 0) is 49.9 Å². The van der Waals surface area contributed by atoms with E-state index >= 15 is 0 Å². The van der Waals surface area contributed by atoms with Crippen LogP contribution in [0.25, 0.3) is 11.6 Å². The van der Waals surface area contributed by atoms with E-state index in [1.54, 1.807) is 24.3 Å². The molecule has 0 atom stereocenters. The number of likely N-dealkylation sites (N-methyl/N-ethyl adjacent to an activating group) is 1. The zero-order chi connectivity index (χ0) is 22.8. The molecule has 168 valence electrons. The van der Waals surface area contributed by atoms with Gasteiger partial charge in [-0.15, -0.1) is 0 Å². The number of nitrogens with one attached hydrogen (secondary N) is 3. The second kappa shape index (κ2) is 9.00. The third-order valence-corrected chi connectivity index (χ3v) is 6.40. The quantitative estimate of drug-likeness (QED) is 0.439. The molecule has 0 radical (unpaired) electrons. The van der Waals surface area contributed by atoms with Crippen molar-refractivity contribution >= 4 is 41.2 Å². The van der Waals surface area contributed by atoms with Gasteiger partial charge in [-0.25, -0.2) is 0 Å². The van der Waals surface area contributed by atoms with Crippen molar-refractivity contribution in [3.8, 4) is 0 Å². The van der Waals surface area contributed by atoms with Gasteiger partial charge in [0, 0.05) is 54.4 Å². The molecule has 3 heterocycles. The van der Waals surface area contributed by atoms with E-state index in [-0.39, 0.29) is 11.8 Å². The average Bonchev–Trinajstić information content (AvgIpc) is 3.27. The molecule has 0 unspecified atom stereocenters. The predicted octanol–water partition coefficient (Wildman–Crippen LogP) is 2.72. The van der Waals surface area contributed by atoms with Crippen molar-refractivity contribution in [3.05, 3.63) is 46.3 Å². The summed E-state index contributed by atoms with van der Waals surface area (Å²) < 4.78 is 0. The van der Waals surface area contributed by atoms with E-state index in [0.29, 0.717) is 36.4 Å². The highest BCUT2D eigenvalue weighted by Crippen LogP contribution is 2.36. The molecule has 8 heteroatoms. The maximum absolute atomic E-state index is 13.2. The summed E-state index contributed by atoms with van der Waals surface area (Å²) in [4.78, 5) is 44.2. The van der Waals surface area contributed by atoms with Crippen LogP contribution in [0.4, 0.5) is 11.4 Å². The Morgan fingerprint density at radius 2 is 2.00 bits per heavy atom. The van der Waals surface area contributed by atoms with Crippen LogP contribution in [-0.2, 0) is 16.0 Å². The van der Waals surface area contributed by atoms with E-state index in [0.717, 1.165) is 54.1 Å². The van der Waals surface area contributed by atoms with Crippen molar-refractivity contribution in [1.29, 1.82) is 0 Å². The fourth-order valence-corrected chi connectivity index (χ4v) is 4.46. The normalized spacial score (nSPS) is 16.4. The van der Waals surface area contributed by atoms with Crippen LogP contribution < -0.4 is 10.6 Å². The Labute approximate surface area is 187 Å². The molecule has 3 N–H and O–H groups in total. The molecule has 0 bridgehead atoms. The van der Waals surface area contributed by atoms with E-state index < -0.39 is 0 Å². The van der Waals surface area contributed by atoms with Crippen LogP contribution in [-0.4, -0.2) is 65.7 Å². The van der Waals surface area contributed by atoms with Crippen molar-refractivity contribution in [2.24, 2.45) is 0 Å². The standard InChI is InChI=1S/C24H29N5O3/c1-4-28(5-2)10-11-29-9-8-20-22(24(29)32)15(3)21(26-20)13-18-17-12-16(25-14-30)6-7-19(17)27-23(18)31/h6-7,12-14,26H,4-5,8-11H2,1-3H3,(H,25,30)(H,27,31)/b18-13+. The Morgan fingerprint density at radius 3 is 2.72 bits per heavy atom. The fraction of sp³-hybridized carbons (Fsp3) is 0.375. The van der Waals surface area contributed by atoms with Crippen molar-refractivity contribution in [1.82, 2.24) is 14.8 Å². The smallest absolute Gasteiger partial charge is 0.256 e. The highest BCUT2D eigenvalue weighted by molar-refractivity contribution is 6.35. The fourth-order valence-electron chi connectivity index (χ4n) is 4.46. The lowest BCUT2D eigenvalue weighted by Gasteiger charge is -2.29. The Kier molecular flexibility index (Phi) is 6.14. The molecular formula is C24H29N5O3. The summed E-state index contributed by atoms with van der Waals surface area (Å²) in [5.41, 5.74) is 5.80. The van der Waals surface area contributed by atoms with Gasteiger partial charge in [0.1, 0.15) is 0 Å². The first-order chi connectivity index (χ1) is 15.5. The van der Waals surface area contributed by atoms with Crippen LogP contribution in [0.5, 0.6) is 0 Å². The number of H-pyrrole nitrogens is 1. The minimum atomic E-state index is -0.206. The second-order valence-corrected chi connectivity index (χ2v) is 8.12. The summed E-state index contributed by atoms with van der Waals surface area (Å²) >= 11 is 0. The monoisotopic (exact) mass is 435 g/mol. The number of nitrogens with zero attached hydrogens (tertiary/aromatic N) is 2. The van der Waals surface area contributed by atoms with Gasteiger partial charge in [0.05, 0.1) is 11.1 Å². The topological polar surface area (TPSA) is 97.5 Å². The molecule has 32 heavy (non-hydrogen) atoms. The molecule has 2 aliphatic rings. The van der Waals surface area contributed by atoms with Gasteiger partial charge in [0.15, 0.2) is 0 Å². The molecule has 0 saturated heterocycles. The molecule has 0 aliphatic carbocycles. The summed E-state index contributed by atoms with van der Waals surface area (Å²) in [7, 11) is 0. The molecule has 0 saturated carbocycles. The van der Waals surface area contributed by atoms with E-state index in [1.807, 2.05) is 11.8 Å². The average molecular weight is 436 g/mol. The maximum Gasteiger partial charge on any atom is 0.256 e. The lowest BCUT2D eigenvalue weighted by atomic mass is 10.0. The highest BCUT2D eigenvalue weighted by atomic mass is 16.2. The Morgan fingerprint density at radius 1 is 1.22 bits per heavy atom. The number of benzene rings is 1. The summed E-state index contributed by atoms with van der Waals surface area (Å²) in [6.07, 6.45) is 3.17. The Balaban J connectivity index is 1.62. The van der Waals surface area contributed by atoms with Crippen molar-refractivity contribution < 1.29 is 14.4 Å². The maximum atomic E-state index is 13.2. The molecule has 2 aromatic rings. The first-order valence-corrected chi connectivity index (χ1v) is 11.1. The zero-order valence-corrected chi connectivity index (χ0v) is 18.7. The lowest BCUT2D eigenvalue weighted by molar-refractivity contribution is -0.110. The van der Waals surface area contributed by atoms with Crippen molar-refractivity contribution in [3.63, 3.8) is 0 Å². The number of aromatic nitrogens is 1. The van der Waals surface area contributed by atoms with Crippen molar-refractivity contribution in [2.75, 3.05) is 43.4 Å². The van der Waals surface area contributed by atoms with E-state index in [9.17, 15) is 14.4 Å². The number of anilines is 2. The SMILES string of the molecule is CCN(CC)CCN1CCc2[nH]c(/C=C3/C(=O)Nc4ccc(NC=O)cc43)c(C)c2C1=O. The third kappa shape index (κ3) is 3.93. The highest BCUT2D eigenvalue weighted by Gasteiger charge is 2.30. The van der Waals surface area contributed by atoms with Gasteiger partial charge in [-0.3, -0.25) is 14.4 Å². The molecular weight excluding hydrogens is 406 g/mol. The zero-order valence-electron chi connectivity index (χ0n) is 18.7. The molecule has 4 rings (SSSR count). The summed E-state index contributed by atoms with van der Waals surface area (Å²) in [5, 5.41) is 5.47. The van der Waals surface area contributed by atoms with Gasteiger partial charge in [-0.2, -0.15) is 0 Å². The summed E-state index contributed by atoms with van der Waals surface area (Å²) in [6, 6.07) is 5.27. The van der Waals surface area contributed by atoms with Gasteiger partial charge in [-0.1, -0.05) is 13.8 Å². The largest absolute Gasteiger partial charge is 0.358 e. The number of rotatable bonds is 8. The van der Waals surface area contributed by atoms with Gasteiger partial charge >= 0.3 is 0 Å². The van der Waals surface area contributed by atoms with Gasteiger partial charge in [0.2, 0.25) is 6.41 Å². The van der Waals surface area contributed by atoms with Crippen molar-refractivity contribution in [2.45, 2.75) is 27.2 Å². The minimum absolute atomic E-state index is 0.0468. The number of hydrogen-bond acceptors (Lipinski definition) is 4. The molecule has 1 aromatic heterocycles. The molecule has 2 aliphatic heterocycles. The Bertz CT molecular complexity index is 1100. The number of carbonyl (C=O) groups is 3. The molecule has 0 spiro atoms. The minimum Gasteiger partial charge on any atom is -0.358 e. The van der Waals surface area contributed by atoms with Crippen LogP contribution in [0.3, 0.4) is 0 Å². The number of fused-ring (bicyclic) bond motifs is 2. The van der Waals surface area contributed by atoms with E-state index in [4.69, 9.17) is 0 Å².